The molecule has 144 valence electrons. The molecule has 1 rings (SSSR count). The maximum Gasteiger partial charge on any atom is 0.191 e. The van der Waals surface area contributed by atoms with E-state index < -0.39 is 0 Å². The van der Waals surface area contributed by atoms with E-state index in [1.165, 1.54) is 0 Å². The zero-order chi connectivity index (χ0) is 18.0. The molecule has 0 radical (unpaired) electrons. The van der Waals surface area contributed by atoms with Gasteiger partial charge in [0.25, 0.3) is 0 Å². The van der Waals surface area contributed by atoms with Crippen molar-refractivity contribution in [2.24, 2.45) is 4.99 Å². The van der Waals surface area contributed by atoms with Gasteiger partial charge in [-0.3, -0.25) is 4.99 Å². The summed E-state index contributed by atoms with van der Waals surface area (Å²) in [6.07, 6.45) is -0.0172. The molecule has 0 aliphatic carbocycles. The number of hydrogen-bond acceptors (Lipinski definition) is 4. The van der Waals surface area contributed by atoms with E-state index in [1.54, 1.807) is 14.2 Å². The summed E-state index contributed by atoms with van der Waals surface area (Å²) in [4.78, 5) is 4.56. The Labute approximate surface area is 168 Å². The van der Waals surface area contributed by atoms with Crippen LogP contribution >= 0.6 is 24.0 Å². The minimum absolute atomic E-state index is 0. The van der Waals surface area contributed by atoms with E-state index in [0.717, 1.165) is 24.0 Å². The normalized spacial score (nSPS) is 12.8. The summed E-state index contributed by atoms with van der Waals surface area (Å²) < 4.78 is 16.5. The van der Waals surface area contributed by atoms with Crippen LogP contribution in [0.3, 0.4) is 0 Å². The first-order chi connectivity index (χ1) is 11.4. The molecular formula is C18H32IN3O3. The van der Waals surface area contributed by atoms with Crippen LogP contribution in [0.25, 0.3) is 0 Å². The van der Waals surface area contributed by atoms with Gasteiger partial charge in [-0.05, 0) is 39.8 Å². The van der Waals surface area contributed by atoms with Crippen molar-refractivity contribution in [3.63, 3.8) is 0 Å². The third-order valence-electron chi connectivity index (χ3n) is 3.45. The number of ether oxygens (including phenoxy) is 3. The van der Waals surface area contributed by atoms with Crippen LogP contribution in [0.15, 0.2) is 29.3 Å². The van der Waals surface area contributed by atoms with Gasteiger partial charge in [0.2, 0.25) is 0 Å². The van der Waals surface area contributed by atoms with Gasteiger partial charge in [-0.15, -0.1) is 24.0 Å². The fraction of sp³-hybridized carbons (Fsp3) is 0.611. The average Bonchev–Trinajstić information content (AvgIpc) is 2.57. The lowest BCUT2D eigenvalue weighted by Crippen LogP contribution is -2.42. The SMILES string of the molecule is CCNC(=NCC(C)(C)OC)NCC(C)Oc1cccc(OC)c1.I. The largest absolute Gasteiger partial charge is 0.497 e. The number of aliphatic imine (C=N–C) groups is 1. The van der Waals surface area contributed by atoms with Crippen LogP contribution in [0.5, 0.6) is 11.5 Å². The van der Waals surface area contributed by atoms with Crippen molar-refractivity contribution >= 4 is 29.9 Å². The van der Waals surface area contributed by atoms with Gasteiger partial charge in [-0.25, -0.2) is 0 Å². The maximum absolute atomic E-state index is 5.90. The zero-order valence-corrected chi connectivity index (χ0v) is 18.4. The van der Waals surface area contributed by atoms with E-state index in [4.69, 9.17) is 14.2 Å². The highest BCUT2D eigenvalue weighted by atomic mass is 127. The molecule has 2 N–H and O–H groups in total. The number of guanidine groups is 1. The number of methoxy groups -OCH3 is 2. The number of hydrogen-bond donors (Lipinski definition) is 2. The van der Waals surface area contributed by atoms with Crippen LogP contribution in [0.1, 0.15) is 27.7 Å². The molecule has 0 heterocycles. The molecule has 1 atom stereocenters. The lowest BCUT2D eigenvalue weighted by Gasteiger charge is -2.22. The molecule has 0 bridgehead atoms. The van der Waals surface area contributed by atoms with E-state index in [9.17, 15) is 0 Å². The molecule has 0 saturated heterocycles. The van der Waals surface area contributed by atoms with Crippen LogP contribution in [0.4, 0.5) is 0 Å². The summed E-state index contributed by atoms with van der Waals surface area (Å²) >= 11 is 0. The highest BCUT2D eigenvalue weighted by Gasteiger charge is 2.16. The lowest BCUT2D eigenvalue weighted by atomic mass is 10.1. The van der Waals surface area contributed by atoms with E-state index in [2.05, 4.69) is 15.6 Å². The molecule has 1 aromatic rings. The molecular weight excluding hydrogens is 433 g/mol. The zero-order valence-electron chi connectivity index (χ0n) is 16.1. The van der Waals surface area contributed by atoms with E-state index >= 15 is 0 Å². The molecule has 7 heteroatoms. The highest BCUT2D eigenvalue weighted by molar-refractivity contribution is 14.0. The summed E-state index contributed by atoms with van der Waals surface area (Å²) in [5.74, 6) is 2.32. The summed E-state index contributed by atoms with van der Waals surface area (Å²) in [6.45, 7) is 10.1. The molecule has 1 unspecified atom stereocenters. The first-order valence-corrected chi connectivity index (χ1v) is 8.28. The van der Waals surface area contributed by atoms with Gasteiger partial charge in [0.1, 0.15) is 17.6 Å². The Kier molecular flexibility index (Phi) is 11.6. The lowest BCUT2D eigenvalue weighted by molar-refractivity contribution is 0.0310. The van der Waals surface area contributed by atoms with Gasteiger partial charge in [0.15, 0.2) is 5.96 Å². The maximum atomic E-state index is 5.90. The van der Waals surface area contributed by atoms with E-state index in [1.807, 2.05) is 52.0 Å². The van der Waals surface area contributed by atoms with Gasteiger partial charge >= 0.3 is 0 Å². The summed E-state index contributed by atoms with van der Waals surface area (Å²) in [5.41, 5.74) is -0.287. The smallest absolute Gasteiger partial charge is 0.191 e. The Morgan fingerprint density at radius 3 is 2.48 bits per heavy atom. The molecule has 0 spiro atoms. The third kappa shape index (κ3) is 9.74. The standard InChI is InChI=1S/C18H31N3O3.HI/c1-7-19-17(21-13-18(3,4)23-6)20-12-14(2)24-16-10-8-9-15(11-16)22-5;/h8-11,14H,7,12-13H2,1-6H3,(H2,19,20,21);1H. The Bertz CT molecular complexity index is 524. The predicted molar refractivity (Wildman–Crippen MR) is 114 cm³/mol. The Morgan fingerprint density at radius 1 is 1.20 bits per heavy atom. The second kappa shape index (κ2) is 12.2. The fourth-order valence-corrected chi connectivity index (χ4v) is 1.86. The monoisotopic (exact) mass is 465 g/mol. The molecule has 25 heavy (non-hydrogen) atoms. The van der Waals surface area contributed by atoms with Gasteiger partial charge < -0.3 is 24.8 Å². The summed E-state index contributed by atoms with van der Waals surface area (Å²) in [6, 6.07) is 7.59. The van der Waals surface area contributed by atoms with Crippen LogP contribution in [-0.2, 0) is 4.74 Å². The van der Waals surface area contributed by atoms with Crippen molar-refractivity contribution in [3.8, 4) is 11.5 Å². The molecule has 0 saturated carbocycles. The molecule has 0 aliphatic heterocycles. The topological polar surface area (TPSA) is 64.1 Å². The molecule has 1 aromatic carbocycles. The van der Waals surface area contributed by atoms with Crippen LogP contribution in [0, 0.1) is 0 Å². The van der Waals surface area contributed by atoms with Gasteiger partial charge in [0, 0.05) is 19.7 Å². The van der Waals surface area contributed by atoms with Crippen LogP contribution in [-0.4, -0.2) is 51.5 Å². The van der Waals surface area contributed by atoms with Crippen LogP contribution in [0.2, 0.25) is 0 Å². The Balaban J connectivity index is 0.00000576. The second-order valence-electron chi connectivity index (χ2n) is 6.15. The van der Waals surface area contributed by atoms with Gasteiger partial charge in [-0.2, -0.15) is 0 Å². The first kappa shape index (κ1) is 23.8. The van der Waals surface area contributed by atoms with E-state index in [0.29, 0.717) is 13.1 Å². The van der Waals surface area contributed by atoms with Crippen LogP contribution < -0.4 is 20.1 Å². The summed E-state index contributed by atoms with van der Waals surface area (Å²) in [7, 11) is 3.34. The van der Waals surface area contributed by atoms with Crippen molar-refractivity contribution < 1.29 is 14.2 Å². The van der Waals surface area contributed by atoms with Crippen molar-refractivity contribution in [3.05, 3.63) is 24.3 Å². The highest BCUT2D eigenvalue weighted by Crippen LogP contribution is 2.19. The molecule has 0 aromatic heterocycles. The average molecular weight is 465 g/mol. The Morgan fingerprint density at radius 2 is 1.88 bits per heavy atom. The molecule has 0 amide bonds. The third-order valence-corrected chi connectivity index (χ3v) is 3.45. The number of rotatable bonds is 9. The predicted octanol–water partition coefficient (Wildman–Crippen LogP) is 3.06. The number of nitrogens with one attached hydrogen (secondary N) is 2. The number of benzene rings is 1. The molecule has 0 aliphatic rings. The minimum atomic E-state index is -0.287. The van der Waals surface area contributed by atoms with Crippen molar-refractivity contribution in [1.29, 1.82) is 0 Å². The van der Waals surface area contributed by atoms with E-state index in [-0.39, 0.29) is 35.7 Å². The van der Waals surface area contributed by atoms with Crippen molar-refractivity contribution in [2.45, 2.75) is 39.4 Å². The second-order valence-corrected chi connectivity index (χ2v) is 6.15. The van der Waals surface area contributed by atoms with Crippen molar-refractivity contribution in [2.75, 3.05) is 33.9 Å². The number of nitrogens with zero attached hydrogens (tertiary/aromatic N) is 1. The van der Waals surface area contributed by atoms with Crippen molar-refractivity contribution in [1.82, 2.24) is 10.6 Å². The molecule has 6 nitrogen and oxygen atoms in total. The summed E-state index contributed by atoms with van der Waals surface area (Å²) in [5, 5.41) is 6.52. The number of halogens is 1. The fourth-order valence-electron chi connectivity index (χ4n) is 1.86. The minimum Gasteiger partial charge on any atom is -0.497 e. The first-order valence-electron chi connectivity index (χ1n) is 8.28. The quantitative estimate of drug-likeness (QED) is 0.334. The molecule has 0 fully saturated rings. The van der Waals surface area contributed by atoms with Gasteiger partial charge in [0.05, 0.1) is 25.8 Å². The Hall–Kier alpha value is -1.22. The van der Waals surface area contributed by atoms with Gasteiger partial charge in [-0.1, -0.05) is 6.07 Å².